The molecule has 9 rings (SSSR count). The lowest BCUT2D eigenvalue weighted by Gasteiger charge is -2.17. The van der Waals surface area contributed by atoms with Crippen molar-refractivity contribution in [2.24, 2.45) is 0 Å². The van der Waals surface area contributed by atoms with E-state index in [2.05, 4.69) is 143 Å². The molecular formula is C44H26N4. The van der Waals surface area contributed by atoms with Crippen LogP contribution in [0.3, 0.4) is 0 Å². The molecule has 2 aromatic heterocycles. The molecule has 0 aliphatic rings. The summed E-state index contributed by atoms with van der Waals surface area (Å²) in [6, 6.07) is 58.8. The monoisotopic (exact) mass is 610 g/mol. The van der Waals surface area contributed by atoms with Gasteiger partial charge in [0.25, 0.3) is 0 Å². The van der Waals surface area contributed by atoms with Gasteiger partial charge < -0.3 is 9.13 Å². The van der Waals surface area contributed by atoms with Gasteiger partial charge in [-0.1, -0.05) is 103 Å². The van der Waals surface area contributed by atoms with E-state index in [1.54, 1.807) is 6.07 Å². The zero-order chi connectivity index (χ0) is 32.2. The number of aromatic nitrogens is 2. The summed E-state index contributed by atoms with van der Waals surface area (Å²) in [5, 5.41) is 25.5. The van der Waals surface area contributed by atoms with Crippen molar-refractivity contribution >= 4 is 43.6 Å². The molecule has 0 saturated carbocycles. The maximum Gasteiger partial charge on any atom is 0.0998 e. The number of hydrogen-bond donors (Lipinski definition) is 0. The Hall–Kier alpha value is -6.88. The van der Waals surface area contributed by atoms with Gasteiger partial charge in [0.2, 0.25) is 0 Å². The van der Waals surface area contributed by atoms with Gasteiger partial charge in [0.1, 0.15) is 0 Å². The first-order valence-corrected chi connectivity index (χ1v) is 15.9. The van der Waals surface area contributed by atoms with E-state index in [1.807, 2.05) is 30.3 Å². The average molecular weight is 611 g/mol. The molecule has 7 aromatic carbocycles. The van der Waals surface area contributed by atoms with Crippen molar-refractivity contribution in [1.82, 2.24) is 9.13 Å². The number of fused-ring (bicyclic) bond motifs is 6. The highest BCUT2D eigenvalue weighted by Gasteiger charge is 2.20. The van der Waals surface area contributed by atoms with Crippen LogP contribution in [0.4, 0.5) is 0 Å². The summed E-state index contributed by atoms with van der Waals surface area (Å²) in [5.41, 5.74) is 10.7. The molecule has 0 fully saturated rings. The minimum atomic E-state index is 0.460. The molecule has 0 unspecified atom stereocenters. The van der Waals surface area contributed by atoms with Crippen molar-refractivity contribution in [1.29, 1.82) is 10.5 Å². The van der Waals surface area contributed by atoms with E-state index in [0.29, 0.717) is 11.1 Å². The fraction of sp³-hybridized carbons (Fsp3) is 0. The zero-order valence-electron chi connectivity index (χ0n) is 25.8. The summed E-state index contributed by atoms with van der Waals surface area (Å²) >= 11 is 0. The zero-order valence-corrected chi connectivity index (χ0v) is 25.8. The molecule has 0 amide bonds. The second-order valence-electron chi connectivity index (χ2n) is 12.0. The smallest absolute Gasteiger partial charge is 0.0998 e. The van der Waals surface area contributed by atoms with E-state index < -0.39 is 0 Å². The Bertz CT molecular complexity index is 2710. The Kier molecular flexibility index (Phi) is 6.22. The summed E-state index contributed by atoms with van der Waals surface area (Å²) in [5.74, 6) is 0. The Morgan fingerprint density at radius 3 is 1.42 bits per heavy atom. The molecule has 0 atom stereocenters. The highest BCUT2D eigenvalue weighted by molar-refractivity contribution is 6.10. The quantitative estimate of drug-likeness (QED) is 0.199. The third kappa shape index (κ3) is 4.07. The van der Waals surface area contributed by atoms with Crippen molar-refractivity contribution in [3.8, 4) is 45.8 Å². The molecule has 222 valence electrons. The van der Waals surface area contributed by atoms with Gasteiger partial charge in [-0.25, -0.2) is 0 Å². The van der Waals surface area contributed by atoms with Crippen molar-refractivity contribution in [3.05, 3.63) is 169 Å². The third-order valence-corrected chi connectivity index (χ3v) is 9.41. The third-order valence-electron chi connectivity index (χ3n) is 9.41. The average Bonchev–Trinajstić information content (AvgIpc) is 3.67. The maximum atomic E-state index is 10.4. The van der Waals surface area contributed by atoms with Gasteiger partial charge in [0.15, 0.2) is 0 Å². The van der Waals surface area contributed by atoms with Gasteiger partial charge in [-0.05, 0) is 60.2 Å². The Balaban J connectivity index is 1.28. The van der Waals surface area contributed by atoms with E-state index >= 15 is 0 Å². The van der Waals surface area contributed by atoms with Crippen molar-refractivity contribution in [3.63, 3.8) is 0 Å². The number of hydrogen-bond acceptors (Lipinski definition) is 2. The number of rotatable bonds is 4. The lowest BCUT2D eigenvalue weighted by molar-refractivity contribution is 1.18. The van der Waals surface area contributed by atoms with Crippen molar-refractivity contribution in [2.45, 2.75) is 0 Å². The number of para-hydroxylation sites is 5. The number of nitriles is 2. The van der Waals surface area contributed by atoms with Gasteiger partial charge in [0, 0.05) is 43.9 Å². The van der Waals surface area contributed by atoms with Gasteiger partial charge in [-0.15, -0.1) is 0 Å². The van der Waals surface area contributed by atoms with Crippen molar-refractivity contribution < 1.29 is 0 Å². The van der Waals surface area contributed by atoms with Crippen LogP contribution in [0, 0.1) is 22.7 Å². The summed E-state index contributed by atoms with van der Waals surface area (Å²) < 4.78 is 4.56. The Morgan fingerprint density at radius 2 is 0.854 bits per heavy atom. The molecule has 0 N–H and O–H groups in total. The number of benzene rings is 7. The van der Waals surface area contributed by atoms with Gasteiger partial charge in [-0.3, -0.25) is 0 Å². The highest BCUT2D eigenvalue weighted by Crippen LogP contribution is 2.40. The summed E-state index contributed by atoms with van der Waals surface area (Å²) in [7, 11) is 0. The SMILES string of the molecule is N#Cc1cc(C#N)c(-c2ccccc2-n2c3ccccc3c3ccccc32)cc1-c1cccc(-n2c3ccccc3c3ccccc32)c1. The van der Waals surface area contributed by atoms with E-state index in [9.17, 15) is 10.5 Å². The molecule has 0 aliphatic carbocycles. The van der Waals surface area contributed by atoms with Gasteiger partial charge in [0.05, 0.1) is 51.0 Å². The fourth-order valence-corrected chi connectivity index (χ4v) is 7.34. The molecule has 0 radical (unpaired) electrons. The van der Waals surface area contributed by atoms with E-state index in [4.69, 9.17) is 0 Å². The largest absolute Gasteiger partial charge is 0.309 e. The molecule has 48 heavy (non-hydrogen) atoms. The molecule has 4 nitrogen and oxygen atoms in total. The topological polar surface area (TPSA) is 57.4 Å². The second kappa shape index (κ2) is 10.9. The van der Waals surface area contributed by atoms with Crippen LogP contribution < -0.4 is 0 Å². The lowest BCUT2D eigenvalue weighted by Crippen LogP contribution is -1.99. The lowest BCUT2D eigenvalue weighted by atomic mass is 9.90. The van der Waals surface area contributed by atoms with Crippen LogP contribution >= 0.6 is 0 Å². The molecule has 0 aliphatic heterocycles. The Labute approximate surface area is 277 Å². The first-order chi connectivity index (χ1) is 23.7. The van der Waals surface area contributed by atoms with Crippen LogP contribution in [0.1, 0.15) is 11.1 Å². The maximum absolute atomic E-state index is 10.4. The molecule has 4 heteroatoms. The molecule has 0 saturated heterocycles. The molecule has 2 heterocycles. The van der Waals surface area contributed by atoms with Gasteiger partial charge in [-0.2, -0.15) is 10.5 Å². The van der Waals surface area contributed by atoms with E-state index in [1.165, 1.54) is 21.5 Å². The molecule has 0 spiro atoms. The van der Waals surface area contributed by atoms with Crippen LogP contribution in [0.2, 0.25) is 0 Å². The fourth-order valence-electron chi connectivity index (χ4n) is 7.34. The second-order valence-corrected chi connectivity index (χ2v) is 12.0. The van der Waals surface area contributed by atoms with E-state index in [0.717, 1.165) is 55.7 Å². The first-order valence-electron chi connectivity index (χ1n) is 15.9. The number of nitrogens with zero attached hydrogens (tertiary/aromatic N) is 4. The summed E-state index contributed by atoms with van der Waals surface area (Å²) in [4.78, 5) is 0. The summed E-state index contributed by atoms with van der Waals surface area (Å²) in [6.07, 6.45) is 0. The van der Waals surface area contributed by atoms with Crippen LogP contribution in [-0.4, -0.2) is 9.13 Å². The van der Waals surface area contributed by atoms with Gasteiger partial charge >= 0.3 is 0 Å². The normalized spacial score (nSPS) is 11.3. The van der Waals surface area contributed by atoms with Crippen LogP contribution in [0.15, 0.2) is 158 Å². The predicted octanol–water partition coefficient (Wildman–Crippen LogP) is 11.0. The van der Waals surface area contributed by atoms with Crippen molar-refractivity contribution in [2.75, 3.05) is 0 Å². The van der Waals surface area contributed by atoms with E-state index in [-0.39, 0.29) is 0 Å². The predicted molar refractivity (Wildman–Crippen MR) is 195 cm³/mol. The van der Waals surface area contributed by atoms with Crippen LogP contribution in [0.5, 0.6) is 0 Å². The first kappa shape index (κ1) is 27.4. The summed E-state index contributed by atoms with van der Waals surface area (Å²) in [6.45, 7) is 0. The minimum Gasteiger partial charge on any atom is -0.309 e. The standard InChI is InChI=1S/C44H26N4/c45-27-30-24-31(28-46)39(37-18-5-10-23-44(37)48-42-21-8-3-16-35(42)36-17-4-9-22-43(36)48)26-38(30)29-12-11-13-32(25-29)47-40-19-6-1-14-33(40)34-15-2-7-20-41(34)47/h1-26H. The molecule has 9 aromatic rings. The molecular weight excluding hydrogens is 585 g/mol. The minimum absolute atomic E-state index is 0.460. The molecule has 0 bridgehead atoms. The Morgan fingerprint density at radius 1 is 0.375 bits per heavy atom. The highest BCUT2D eigenvalue weighted by atomic mass is 15.0. The van der Waals surface area contributed by atoms with Crippen LogP contribution in [-0.2, 0) is 0 Å². The van der Waals surface area contributed by atoms with Crippen LogP contribution in [0.25, 0.3) is 77.2 Å².